The highest BCUT2D eigenvalue weighted by Crippen LogP contribution is 2.21. The molecule has 7 amide bonds. The molecule has 356 valence electrons. The molecule has 1 unspecified atom stereocenters. The van der Waals surface area contributed by atoms with Gasteiger partial charge in [0.25, 0.3) is 5.91 Å². The fraction of sp³-hybridized carbons (Fsp3) is 0.512. The monoisotopic (exact) mass is 929 g/mol. The van der Waals surface area contributed by atoms with Gasteiger partial charge in [0, 0.05) is 25.7 Å². The summed E-state index contributed by atoms with van der Waals surface area (Å²) in [6.45, 7) is 8.46. The van der Waals surface area contributed by atoms with Crippen molar-refractivity contribution in [3.63, 3.8) is 0 Å². The molecule has 1 aromatic heterocycles. The molecule has 0 aliphatic carbocycles. The third-order valence-corrected chi connectivity index (χ3v) is 10.7. The molecule has 0 spiro atoms. The zero-order chi connectivity index (χ0) is 49.0. The van der Waals surface area contributed by atoms with Crippen LogP contribution >= 0.6 is 11.3 Å². The number of aryl methyl sites for hydroxylation is 1. The van der Waals surface area contributed by atoms with Crippen LogP contribution in [0.4, 0.5) is 0 Å². The van der Waals surface area contributed by atoms with E-state index >= 15 is 0 Å². The third kappa shape index (κ3) is 19.3. The number of carboxylic acid groups (broad SMARTS) is 3. The number of primary amides is 1. The Morgan fingerprint density at radius 3 is 1.74 bits per heavy atom. The molecule has 0 aliphatic heterocycles. The summed E-state index contributed by atoms with van der Waals surface area (Å²) < 4.78 is 0. The van der Waals surface area contributed by atoms with Gasteiger partial charge in [0.1, 0.15) is 30.2 Å². The van der Waals surface area contributed by atoms with Crippen molar-refractivity contribution in [1.29, 1.82) is 0 Å². The lowest BCUT2D eigenvalue weighted by atomic mass is 9.85. The van der Waals surface area contributed by atoms with E-state index in [1.165, 1.54) is 11.3 Å². The lowest BCUT2D eigenvalue weighted by Gasteiger charge is -2.33. The van der Waals surface area contributed by atoms with Gasteiger partial charge in [0.05, 0.1) is 18.9 Å². The highest BCUT2D eigenvalue weighted by atomic mass is 32.1. The Hall–Kier alpha value is -6.71. The summed E-state index contributed by atoms with van der Waals surface area (Å²) in [6, 6.07) is -0.503. The van der Waals surface area contributed by atoms with Gasteiger partial charge in [-0.3, -0.25) is 52.7 Å². The van der Waals surface area contributed by atoms with E-state index in [1.54, 1.807) is 68.8 Å². The number of carbonyl (C=O) groups excluding carboxylic acids is 8. The smallest absolute Gasteiger partial charge is 0.305 e. The first-order valence-electron chi connectivity index (χ1n) is 20.8. The topological polar surface area (TPSA) is 347 Å². The van der Waals surface area contributed by atoms with Crippen LogP contribution in [0.3, 0.4) is 0 Å². The van der Waals surface area contributed by atoms with Gasteiger partial charge in [-0.2, -0.15) is 11.3 Å². The maximum atomic E-state index is 14.4. The number of rotatable bonds is 28. The predicted molar refractivity (Wildman–Crippen MR) is 234 cm³/mol. The SMILES string of the molecule is CCCCC(NC(=O)[C@H](Cc1ccsc1)NC(=O)[C@@H](NC(=O)[C@H](Cc1ccccc1C)NC(=O)[C@H](CCC(=O)O)NC(=O)[C@H](CC(=O)O)NC(=O)CCC(=O)O)C(C)(C)C)C(=O)C(N)=O. The second-order valence-corrected chi connectivity index (χ2v) is 17.2. The minimum Gasteiger partial charge on any atom is -0.481 e. The Kier molecular flexibility index (Phi) is 21.9. The molecule has 0 aliphatic rings. The summed E-state index contributed by atoms with van der Waals surface area (Å²) >= 11 is 1.33. The quantitative estimate of drug-likeness (QED) is 0.0512. The summed E-state index contributed by atoms with van der Waals surface area (Å²) in [4.78, 5) is 141. The molecule has 65 heavy (non-hydrogen) atoms. The molecule has 0 radical (unpaired) electrons. The maximum Gasteiger partial charge on any atom is 0.305 e. The number of hydrogen-bond donors (Lipinski definition) is 10. The van der Waals surface area contributed by atoms with E-state index in [0.29, 0.717) is 29.5 Å². The Balaban J connectivity index is 2.52. The Morgan fingerprint density at radius 2 is 1.18 bits per heavy atom. The standard InChI is InChI=1S/C43H59N7O14S/c1-6-7-12-26(35(58)37(44)59)46-39(61)28(19-24-17-18-65-22-24)49-42(64)36(43(3,4)5)50-41(63)29(20-25-11-9-8-10-23(25)2)48-38(60)27(13-15-32(52)53)47-40(62)30(21-34(56)57)45-31(51)14-16-33(54)55/h8-11,17-18,22,26-30,36H,6-7,12-16,19-21H2,1-5H3,(H2,44,59)(H,45,51)(H,46,61)(H,47,62)(H,48,60)(H,49,64)(H,50,63)(H,52,53)(H,54,55)(H,56,57)/t26?,27-,28-,29-,30-,36+/m0/s1. The number of nitrogens with two attached hydrogens (primary N) is 1. The number of ketones is 1. The number of Topliss-reactive ketones (excluding diaryl/α,β-unsaturated/α-hetero) is 1. The highest BCUT2D eigenvalue weighted by molar-refractivity contribution is 7.07. The number of aliphatic carboxylic acids is 3. The number of unbranched alkanes of at least 4 members (excludes halogenated alkanes) is 1. The molecule has 11 N–H and O–H groups in total. The van der Waals surface area contributed by atoms with Crippen molar-refractivity contribution in [2.24, 2.45) is 11.1 Å². The first kappa shape index (κ1) is 54.4. The second kappa shape index (κ2) is 26.2. The largest absolute Gasteiger partial charge is 0.481 e. The first-order valence-corrected chi connectivity index (χ1v) is 21.7. The van der Waals surface area contributed by atoms with Crippen LogP contribution < -0.4 is 37.6 Å². The van der Waals surface area contributed by atoms with Crippen LogP contribution in [0.2, 0.25) is 0 Å². The van der Waals surface area contributed by atoms with Crippen molar-refractivity contribution in [3.05, 3.63) is 57.8 Å². The van der Waals surface area contributed by atoms with Crippen molar-refractivity contribution in [3.8, 4) is 0 Å². The summed E-state index contributed by atoms with van der Waals surface area (Å²) in [5.41, 5.74) is 6.10. The normalized spacial score (nSPS) is 13.9. The molecule has 0 bridgehead atoms. The fourth-order valence-electron chi connectivity index (χ4n) is 6.37. The van der Waals surface area contributed by atoms with Gasteiger partial charge in [-0.05, 0) is 58.7 Å². The number of amides is 7. The van der Waals surface area contributed by atoms with Crippen LogP contribution in [-0.4, -0.2) is 117 Å². The zero-order valence-electron chi connectivity index (χ0n) is 36.9. The summed E-state index contributed by atoms with van der Waals surface area (Å²) in [6.07, 6.45) is -2.53. The van der Waals surface area contributed by atoms with Crippen molar-refractivity contribution in [2.75, 3.05) is 0 Å². The van der Waals surface area contributed by atoms with E-state index in [4.69, 9.17) is 10.8 Å². The molecular weight excluding hydrogens is 871 g/mol. The van der Waals surface area contributed by atoms with Crippen LogP contribution in [0.1, 0.15) is 95.8 Å². The lowest BCUT2D eigenvalue weighted by molar-refractivity contribution is -0.142. The first-order chi connectivity index (χ1) is 30.4. The number of benzene rings is 1. The second-order valence-electron chi connectivity index (χ2n) is 16.4. The van der Waals surface area contributed by atoms with Crippen molar-refractivity contribution in [1.82, 2.24) is 31.9 Å². The molecule has 22 heteroatoms. The summed E-state index contributed by atoms with van der Waals surface area (Å²) in [7, 11) is 0. The van der Waals surface area contributed by atoms with Crippen molar-refractivity contribution < 1.29 is 68.1 Å². The van der Waals surface area contributed by atoms with Crippen LogP contribution in [0.25, 0.3) is 0 Å². The Morgan fingerprint density at radius 1 is 0.631 bits per heavy atom. The molecule has 1 aromatic carbocycles. The van der Waals surface area contributed by atoms with Gasteiger partial charge >= 0.3 is 17.9 Å². The maximum absolute atomic E-state index is 14.4. The van der Waals surface area contributed by atoms with Gasteiger partial charge < -0.3 is 53.0 Å². The van der Waals surface area contributed by atoms with Crippen molar-refractivity contribution in [2.45, 2.75) is 135 Å². The van der Waals surface area contributed by atoms with E-state index in [-0.39, 0.29) is 19.3 Å². The number of hydrogen-bond acceptors (Lipinski definition) is 12. The molecule has 0 fully saturated rings. The van der Waals surface area contributed by atoms with Gasteiger partial charge in [0.2, 0.25) is 41.2 Å². The lowest BCUT2D eigenvalue weighted by Crippen LogP contribution is -2.62. The predicted octanol–water partition coefficient (Wildman–Crippen LogP) is 0.246. The molecule has 0 saturated carbocycles. The van der Waals surface area contributed by atoms with Gasteiger partial charge in [0.15, 0.2) is 0 Å². The number of carbonyl (C=O) groups is 11. The molecule has 21 nitrogen and oxygen atoms in total. The van der Waals surface area contributed by atoms with Crippen LogP contribution in [0.15, 0.2) is 41.1 Å². The summed E-state index contributed by atoms with van der Waals surface area (Å²) in [5, 5.41) is 46.1. The van der Waals surface area contributed by atoms with Crippen LogP contribution in [-0.2, 0) is 65.6 Å². The zero-order valence-corrected chi connectivity index (χ0v) is 37.7. The van der Waals surface area contributed by atoms with Crippen LogP contribution in [0, 0.1) is 12.3 Å². The molecule has 1 heterocycles. The molecule has 2 rings (SSSR count). The van der Waals surface area contributed by atoms with E-state index in [1.807, 2.05) is 6.92 Å². The average Bonchev–Trinajstić information content (AvgIpc) is 3.74. The van der Waals surface area contributed by atoms with E-state index in [9.17, 15) is 63.0 Å². The van der Waals surface area contributed by atoms with E-state index < -0.39 is 139 Å². The molecule has 2 aromatic rings. The molecule has 6 atom stereocenters. The summed E-state index contributed by atoms with van der Waals surface area (Å²) in [5.74, 6) is -12.4. The van der Waals surface area contributed by atoms with Gasteiger partial charge in [-0.1, -0.05) is 64.8 Å². The average molecular weight is 930 g/mol. The van der Waals surface area contributed by atoms with E-state index in [0.717, 1.165) is 0 Å². The molecule has 0 saturated heterocycles. The van der Waals surface area contributed by atoms with E-state index in [2.05, 4.69) is 31.9 Å². The number of nitrogens with one attached hydrogen (secondary N) is 6. The fourth-order valence-corrected chi connectivity index (χ4v) is 7.05. The molecular formula is C43H59N7O14S. The minimum absolute atomic E-state index is 0.0497. The number of thiophene rings is 1. The Labute approximate surface area is 379 Å². The van der Waals surface area contributed by atoms with Crippen LogP contribution in [0.5, 0.6) is 0 Å². The number of carboxylic acids is 3. The highest BCUT2D eigenvalue weighted by Gasteiger charge is 2.39. The Bertz CT molecular complexity index is 2050. The minimum atomic E-state index is -1.82. The van der Waals surface area contributed by atoms with Gasteiger partial charge in [-0.25, -0.2) is 0 Å². The third-order valence-electron chi connectivity index (χ3n) is 9.98. The van der Waals surface area contributed by atoms with Crippen molar-refractivity contribution >= 4 is 76.4 Å². The van der Waals surface area contributed by atoms with Gasteiger partial charge in [-0.15, -0.1) is 0 Å².